The summed E-state index contributed by atoms with van der Waals surface area (Å²) in [6, 6.07) is -1.92. The summed E-state index contributed by atoms with van der Waals surface area (Å²) in [4.78, 5) is 32.9. The van der Waals surface area contributed by atoms with Crippen LogP contribution in [0.1, 0.15) is 33.6 Å². The molecule has 0 aromatic carbocycles. The number of urea groups is 1. The van der Waals surface area contributed by atoms with E-state index in [0.29, 0.717) is 6.54 Å². The van der Waals surface area contributed by atoms with E-state index in [4.69, 9.17) is 10.8 Å². The number of hydrogen-bond donors (Lipinski definition) is 4. The molecule has 0 bridgehead atoms. The van der Waals surface area contributed by atoms with Crippen LogP contribution in [0.25, 0.3) is 0 Å². The Morgan fingerprint density at radius 1 is 1.33 bits per heavy atom. The van der Waals surface area contributed by atoms with Crippen molar-refractivity contribution < 1.29 is 19.5 Å². The molecule has 0 fully saturated rings. The fourth-order valence-corrected chi connectivity index (χ4v) is 1.06. The Balaban J connectivity index is 4.27. The van der Waals surface area contributed by atoms with Gasteiger partial charge in [-0.3, -0.25) is 4.79 Å². The zero-order valence-corrected chi connectivity index (χ0v) is 10.9. The highest BCUT2D eigenvalue weighted by Crippen LogP contribution is 2.17. The fraction of sp³-hybridized carbons (Fsp3) is 0.727. The summed E-state index contributed by atoms with van der Waals surface area (Å²) in [5.41, 5.74) is 4.83. The second kappa shape index (κ2) is 6.83. The number of rotatable bonds is 7. The topological polar surface area (TPSA) is 122 Å². The average molecular weight is 259 g/mol. The number of carbonyl (C=O) groups excluding carboxylic acids is 2. The molecule has 0 heterocycles. The Bertz CT molecular complexity index is 328. The highest BCUT2D eigenvalue weighted by Gasteiger charge is 2.23. The standard InChI is InChI=1S/C11H21N3O4/c1-4-11(2,3)6-13-10(18)14-7(9(16)17)5-8(12)15/h7H,4-6H2,1-3H3,(H2,12,15)(H,16,17)(H2,13,14,18)/t7-/m0/s1. The molecule has 0 aromatic rings. The van der Waals surface area contributed by atoms with Crippen LogP contribution in [-0.4, -0.2) is 35.6 Å². The van der Waals surface area contributed by atoms with Crippen molar-refractivity contribution in [3.63, 3.8) is 0 Å². The normalized spacial score (nSPS) is 12.6. The molecule has 7 heteroatoms. The molecule has 104 valence electrons. The molecule has 0 unspecified atom stereocenters. The average Bonchev–Trinajstić information content (AvgIpc) is 2.25. The van der Waals surface area contributed by atoms with Gasteiger partial charge in [-0.05, 0) is 11.8 Å². The first-order valence-electron chi connectivity index (χ1n) is 5.73. The molecule has 0 radical (unpaired) electrons. The van der Waals surface area contributed by atoms with Crippen molar-refractivity contribution in [1.82, 2.24) is 10.6 Å². The zero-order valence-electron chi connectivity index (χ0n) is 10.9. The molecule has 0 rings (SSSR count). The molecular weight excluding hydrogens is 238 g/mol. The lowest BCUT2D eigenvalue weighted by Crippen LogP contribution is -2.49. The number of carbonyl (C=O) groups is 3. The lowest BCUT2D eigenvalue weighted by atomic mass is 9.90. The van der Waals surface area contributed by atoms with Crippen LogP contribution in [0, 0.1) is 5.41 Å². The van der Waals surface area contributed by atoms with Crippen molar-refractivity contribution >= 4 is 17.9 Å². The number of amides is 3. The third-order valence-corrected chi connectivity index (χ3v) is 2.69. The smallest absolute Gasteiger partial charge is 0.326 e. The van der Waals surface area contributed by atoms with Crippen LogP contribution in [0.15, 0.2) is 0 Å². The Kier molecular flexibility index (Phi) is 6.15. The Labute approximate surface area is 106 Å². The molecule has 3 amide bonds. The van der Waals surface area contributed by atoms with Crippen molar-refractivity contribution in [2.45, 2.75) is 39.7 Å². The molecule has 0 aliphatic heterocycles. The van der Waals surface area contributed by atoms with Gasteiger partial charge in [0, 0.05) is 6.54 Å². The summed E-state index contributed by atoms with van der Waals surface area (Å²) in [5.74, 6) is -2.07. The summed E-state index contributed by atoms with van der Waals surface area (Å²) in [5, 5.41) is 13.6. The Morgan fingerprint density at radius 3 is 2.28 bits per heavy atom. The highest BCUT2D eigenvalue weighted by molar-refractivity contribution is 5.87. The van der Waals surface area contributed by atoms with Gasteiger partial charge in [-0.1, -0.05) is 20.8 Å². The molecule has 0 spiro atoms. The number of aliphatic carboxylic acids is 1. The van der Waals surface area contributed by atoms with Gasteiger partial charge in [-0.15, -0.1) is 0 Å². The predicted molar refractivity (Wildman–Crippen MR) is 65.8 cm³/mol. The van der Waals surface area contributed by atoms with Crippen LogP contribution < -0.4 is 16.4 Å². The zero-order chi connectivity index (χ0) is 14.3. The maximum atomic E-state index is 11.5. The largest absolute Gasteiger partial charge is 0.480 e. The molecule has 0 saturated carbocycles. The van der Waals surface area contributed by atoms with E-state index in [1.54, 1.807) is 0 Å². The summed E-state index contributed by atoms with van der Waals surface area (Å²) in [7, 11) is 0. The fourth-order valence-electron chi connectivity index (χ4n) is 1.06. The van der Waals surface area contributed by atoms with Crippen molar-refractivity contribution in [2.75, 3.05) is 6.54 Å². The number of carboxylic acids is 1. The molecular formula is C11H21N3O4. The van der Waals surface area contributed by atoms with Crippen LogP contribution in [0.3, 0.4) is 0 Å². The summed E-state index contributed by atoms with van der Waals surface area (Å²) in [6.07, 6.45) is 0.441. The van der Waals surface area contributed by atoms with Gasteiger partial charge in [0.15, 0.2) is 0 Å². The lowest BCUT2D eigenvalue weighted by Gasteiger charge is -2.23. The quantitative estimate of drug-likeness (QED) is 0.516. The van der Waals surface area contributed by atoms with Crippen molar-refractivity contribution in [3.8, 4) is 0 Å². The molecule has 0 aliphatic rings. The van der Waals surface area contributed by atoms with E-state index in [0.717, 1.165) is 6.42 Å². The minimum atomic E-state index is -1.30. The number of hydrogen-bond acceptors (Lipinski definition) is 3. The monoisotopic (exact) mass is 259 g/mol. The van der Waals surface area contributed by atoms with E-state index in [1.165, 1.54) is 0 Å². The van der Waals surface area contributed by atoms with Crippen LogP contribution in [0.2, 0.25) is 0 Å². The van der Waals surface area contributed by atoms with Gasteiger partial charge in [0.25, 0.3) is 0 Å². The third-order valence-electron chi connectivity index (χ3n) is 2.69. The lowest BCUT2D eigenvalue weighted by molar-refractivity contribution is -0.140. The van der Waals surface area contributed by atoms with E-state index in [2.05, 4.69) is 10.6 Å². The number of primary amides is 1. The van der Waals surface area contributed by atoms with Crippen LogP contribution >= 0.6 is 0 Å². The second-order valence-electron chi connectivity index (χ2n) is 4.91. The molecule has 0 aromatic heterocycles. The minimum absolute atomic E-state index is 0.0697. The maximum absolute atomic E-state index is 11.5. The Hall–Kier alpha value is -1.79. The van der Waals surface area contributed by atoms with Crippen LogP contribution in [0.4, 0.5) is 4.79 Å². The van der Waals surface area contributed by atoms with Gasteiger partial charge in [0.2, 0.25) is 5.91 Å². The first kappa shape index (κ1) is 16.2. The third kappa shape index (κ3) is 6.72. The van der Waals surface area contributed by atoms with Crippen LogP contribution in [0.5, 0.6) is 0 Å². The van der Waals surface area contributed by atoms with Gasteiger partial charge in [0.05, 0.1) is 6.42 Å². The molecule has 0 aliphatic carbocycles. The van der Waals surface area contributed by atoms with E-state index in [9.17, 15) is 14.4 Å². The van der Waals surface area contributed by atoms with Crippen molar-refractivity contribution in [3.05, 3.63) is 0 Å². The Morgan fingerprint density at radius 2 is 1.89 bits per heavy atom. The SMILES string of the molecule is CCC(C)(C)CNC(=O)N[C@@H](CC(N)=O)C(=O)O. The molecule has 7 nitrogen and oxygen atoms in total. The summed E-state index contributed by atoms with van der Waals surface area (Å²) < 4.78 is 0. The molecule has 1 atom stereocenters. The predicted octanol–water partition coefficient (Wildman–Crippen LogP) is 0.0504. The number of carboxylic acid groups (broad SMARTS) is 1. The summed E-state index contributed by atoms with van der Waals surface area (Å²) in [6.45, 7) is 6.36. The van der Waals surface area contributed by atoms with Gasteiger partial charge in [-0.2, -0.15) is 0 Å². The van der Waals surface area contributed by atoms with E-state index < -0.39 is 30.4 Å². The molecule has 0 saturated heterocycles. The van der Waals surface area contributed by atoms with Gasteiger partial charge in [0.1, 0.15) is 6.04 Å². The maximum Gasteiger partial charge on any atom is 0.326 e. The van der Waals surface area contributed by atoms with Gasteiger partial charge in [-0.25, -0.2) is 9.59 Å². The van der Waals surface area contributed by atoms with E-state index in [-0.39, 0.29) is 5.41 Å². The second-order valence-corrected chi connectivity index (χ2v) is 4.91. The first-order chi connectivity index (χ1) is 8.18. The van der Waals surface area contributed by atoms with Crippen molar-refractivity contribution in [1.29, 1.82) is 0 Å². The number of nitrogens with two attached hydrogens (primary N) is 1. The number of nitrogens with one attached hydrogen (secondary N) is 2. The van der Waals surface area contributed by atoms with E-state index in [1.807, 2.05) is 20.8 Å². The van der Waals surface area contributed by atoms with Gasteiger partial charge < -0.3 is 21.5 Å². The van der Waals surface area contributed by atoms with E-state index >= 15 is 0 Å². The van der Waals surface area contributed by atoms with Crippen LogP contribution in [-0.2, 0) is 9.59 Å². The van der Waals surface area contributed by atoms with Crippen molar-refractivity contribution in [2.24, 2.45) is 11.1 Å². The first-order valence-corrected chi connectivity index (χ1v) is 5.73. The summed E-state index contributed by atoms with van der Waals surface area (Å²) >= 11 is 0. The van der Waals surface area contributed by atoms with Gasteiger partial charge >= 0.3 is 12.0 Å². The molecule has 18 heavy (non-hydrogen) atoms. The minimum Gasteiger partial charge on any atom is -0.480 e. The molecule has 5 N–H and O–H groups in total. The highest BCUT2D eigenvalue weighted by atomic mass is 16.4.